The van der Waals surface area contributed by atoms with Gasteiger partial charge in [-0.05, 0) is 18.4 Å². The molecule has 1 N–H and O–H groups in total. The first-order valence-corrected chi connectivity index (χ1v) is 8.96. The van der Waals surface area contributed by atoms with Crippen molar-refractivity contribution < 1.29 is 14.7 Å². The van der Waals surface area contributed by atoms with E-state index in [9.17, 15) is 5.11 Å². The molecule has 138 valence electrons. The van der Waals surface area contributed by atoms with Gasteiger partial charge in [0, 0.05) is 0 Å². The number of oxime groups is 1. The summed E-state index contributed by atoms with van der Waals surface area (Å²) < 4.78 is 7.28. The number of methoxy groups -OCH3 is 1. The number of benzene rings is 1. The number of ether oxygens (including phenoxy) is 1. The Morgan fingerprint density at radius 1 is 1.15 bits per heavy atom. The van der Waals surface area contributed by atoms with Gasteiger partial charge in [-0.1, -0.05) is 35.5 Å². The first-order chi connectivity index (χ1) is 13.3. The van der Waals surface area contributed by atoms with E-state index in [2.05, 4.69) is 20.1 Å². The predicted molar refractivity (Wildman–Crippen MR) is 97.5 cm³/mol. The van der Waals surface area contributed by atoms with Gasteiger partial charge in [0.2, 0.25) is 5.88 Å². The minimum Gasteiger partial charge on any atom is -0.479 e. The van der Waals surface area contributed by atoms with E-state index in [0.717, 1.165) is 17.7 Å². The molecule has 5 rings (SSSR count). The van der Waals surface area contributed by atoms with Gasteiger partial charge in [0.25, 0.3) is 0 Å². The molecule has 4 atom stereocenters. The lowest BCUT2D eigenvalue weighted by Gasteiger charge is -2.36. The highest BCUT2D eigenvalue weighted by atomic mass is 16.6. The van der Waals surface area contributed by atoms with Crippen molar-refractivity contribution in [2.75, 3.05) is 7.11 Å². The average molecular weight is 365 g/mol. The smallest absolute Gasteiger partial charge is 0.245 e. The Bertz CT molecular complexity index is 1000. The van der Waals surface area contributed by atoms with Crippen LogP contribution in [-0.2, 0) is 4.84 Å². The van der Waals surface area contributed by atoms with E-state index in [1.54, 1.807) is 13.4 Å². The average Bonchev–Trinajstić information content (AvgIpc) is 3.34. The molecule has 1 aliphatic heterocycles. The van der Waals surface area contributed by atoms with Crippen LogP contribution in [0.5, 0.6) is 5.88 Å². The topological polar surface area (TPSA) is 94.7 Å². The number of imidazole rings is 1. The van der Waals surface area contributed by atoms with Crippen LogP contribution >= 0.6 is 0 Å². The number of hydrogen-bond acceptors (Lipinski definition) is 7. The number of aliphatic hydroxyl groups excluding tert-OH is 1. The molecule has 1 aromatic carbocycles. The first kappa shape index (κ1) is 16.2. The van der Waals surface area contributed by atoms with Gasteiger partial charge in [0.15, 0.2) is 17.3 Å². The molecule has 1 aliphatic carbocycles. The molecule has 1 saturated carbocycles. The fraction of sp³-hybridized carbons (Fsp3) is 0.368. The maximum Gasteiger partial charge on any atom is 0.245 e. The van der Waals surface area contributed by atoms with Crippen LogP contribution in [0.1, 0.15) is 24.4 Å². The van der Waals surface area contributed by atoms with Crippen molar-refractivity contribution in [1.29, 1.82) is 0 Å². The van der Waals surface area contributed by atoms with Crippen LogP contribution < -0.4 is 4.74 Å². The van der Waals surface area contributed by atoms with Gasteiger partial charge in [0.05, 0.1) is 37.2 Å². The zero-order chi connectivity index (χ0) is 18.4. The summed E-state index contributed by atoms with van der Waals surface area (Å²) in [6.07, 6.45) is 3.84. The van der Waals surface area contributed by atoms with E-state index in [1.807, 2.05) is 34.9 Å². The molecule has 0 saturated heterocycles. The highest BCUT2D eigenvalue weighted by Crippen LogP contribution is 2.42. The summed E-state index contributed by atoms with van der Waals surface area (Å²) in [6.45, 7) is 0. The molecule has 3 aromatic rings. The SMILES string of the molecule is COc1ncnc2c1ncn2[C@@H]1CC[C@H](O)[C@H]2C(c3ccccc3)=NO[C@H]21. The molecular weight excluding hydrogens is 346 g/mol. The molecule has 8 nitrogen and oxygen atoms in total. The van der Waals surface area contributed by atoms with Crippen LogP contribution in [0.2, 0.25) is 0 Å². The van der Waals surface area contributed by atoms with Crippen LogP contribution in [0.25, 0.3) is 11.2 Å². The van der Waals surface area contributed by atoms with Crippen LogP contribution in [0, 0.1) is 5.92 Å². The monoisotopic (exact) mass is 365 g/mol. The Morgan fingerprint density at radius 3 is 2.81 bits per heavy atom. The Morgan fingerprint density at radius 2 is 2.00 bits per heavy atom. The summed E-state index contributed by atoms with van der Waals surface area (Å²) in [5.74, 6) is 0.257. The lowest BCUT2D eigenvalue weighted by atomic mass is 9.77. The first-order valence-electron chi connectivity index (χ1n) is 8.96. The van der Waals surface area contributed by atoms with E-state index >= 15 is 0 Å². The number of aromatic nitrogens is 4. The number of nitrogens with zero attached hydrogens (tertiary/aromatic N) is 5. The van der Waals surface area contributed by atoms with Gasteiger partial charge in [-0.3, -0.25) is 0 Å². The van der Waals surface area contributed by atoms with Gasteiger partial charge in [-0.2, -0.15) is 4.98 Å². The third kappa shape index (κ3) is 2.48. The number of hydrogen-bond donors (Lipinski definition) is 1. The Kier molecular flexibility index (Phi) is 3.78. The van der Waals surface area contributed by atoms with E-state index in [-0.39, 0.29) is 18.1 Å². The molecule has 1 fully saturated rings. The zero-order valence-electron chi connectivity index (χ0n) is 14.8. The summed E-state index contributed by atoms with van der Waals surface area (Å²) in [5, 5.41) is 15.0. The molecule has 0 spiro atoms. The Labute approximate surface area is 155 Å². The number of rotatable bonds is 3. The van der Waals surface area contributed by atoms with Gasteiger partial charge in [0.1, 0.15) is 6.33 Å². The lowest BCUT2D eigenvalue weighted by molar-refractivity contribution is -0.0444. The molecule has 0 amide bonds. The number of fused-ring (bicyclic) bond motifs is 2. The summed E-state index contributed by atoms with van der Waals surface area (Å²) in [7, 11) is 1.56. The minimum absolute atomic E-state index is 0.0343. The van der Waals surface area contributed by atoms with Crippen LogP contribution in [-0.4, -0.2) is 49.7 Å². The molecule has 0 unspecified atom stereocenters. The van der Waals surface area contributed by atoms with Gasteiger partial charge < -0.3 is 19.2 Å². The Balaban J connectivity index is 1.53. The highest BCUT2D eigenvalue weighted by Gasteiger charge is 2.48. The van der Waals surface area contributed by atoms with E-state index in [4.69, 9.17) is 9.57 Å². The second-order valence-corrected chi connectivity index (χ2v) is 6.86. The predicted octanol–water partition coefficient (Wildman–Crippen LogP) is 1.95. The molecule has 27 heavy (non-hydrogen) atoms. The van der Waals surface area contributed by atoms with Crippen molar-refractivity contribution in [3.05, 3.63) is 48.5 Å². The normalized spacial score (nSPS) is 27.1. The van der Waals surface area contributed by atoms with Crippen molar-refractivity contribution in [2.45, 2.75) is 31.1 Å². The highest BCUT2D eigenvalue weighted by molar-refractivity contribution is 6.03. The standard InChI is InChI=1S/C19H19N5O3/c1-26-19-16-18(20-9-21-19)24(10-22-16)12-7-8-13(25)14-15(23-27-17(12)14)11-5-3-2-4-6-11/h2-6,9-10,12-14,17,25H,7-8H2,1H3/t12-,13+,14+,17+/m1/s1. The fourth-order valence-electron chi connectivity index (χ4n) is 4.17. The van der Waals surface area contributed by atoms with Gasteiger partial charge in [-0.15, -0.1) is 0 Å². The third-order valence-electron chi connectivity index (χ3n) is 5.44. The Hall–Kier alpha value is -3.00. The van der Waals surface area contributed by atoms with Crippen molar-refractivity contribution in [3.63, 3.8) is 0 Å². The van der Waals surface area contributed by atoms with E-state index in [1.165, 1.54) is 6.33 Å². The van der Waals surface area contributed by atoms with Gasteiger partial charge >= 0.3 is 0 Å². The molecule has 2 aliphatic rings. The minimum atomic E-state index is -0.494. The molecule has 8 heteroatoms. The summed E-state index contributed by atoms with van der Waals surface area (Å²) >= 11 is 0. The van der Waals surface area contributed by atoms with E-state index in [0.29, 0.717) is 23.5 Å². The van der Waals surface area contributed by atoms with Gasteiger partial charge in [-0.25, -0.2) is 9.97 Å². The lowest BCUT2D eigenvalue weighted by Crippen LogP contribution is -2.44. The largest absolute Gasteiger partial charge is 0.479 e. The zero-order valence-corrected chi connectivity index (χ0v) is 14.8. The van der Waals surface area contributed by atoms with Crippen LogP contribution in [0.3, 0.4) is 0 Å². The fourth-order valence-corrected chi connectivity index (χ4v) is 4.17. The molecular formula is C19H19N5O3. The van der Waals surface area contributed by atoms with Crippen LogP contribution in [0.15, 0.2) is 48.1 Å². The third-order valence-corrected chi connectivity index (χ3v) is 5.44. The maximum absolute atomic E-state index is 10.7. The van der Waals surface area contributed by atoms with Crippen molar-refractivity contribution in [3.8, 4) is 5.88 Å². The molecule has 2 aromatic heterocycles. The second-order valence-electron chi connectivity index (χ2n) is 6.86. The van der Waals surface area contributed by atoms with Crippen molar-refractivity contribution >= 4 is 16.9 Å². The second kappa shape index (κ2) is 6.31. The summed E-state index contributed by atoms with van der Waals surface area (Å²) in [4.78, 5) is 18.8. The maximum atomic E-state index is 10.7. The quantitative estimate of drug-likeness (QED) is 0.762. The summed E-state index contributed by atoms with van der Waals surface area (Å²) in [6, 6.07) is 9.84. The van der Waals surface area contributed by atoms with Crippen molar-refractivity contribution in [1.82, 2.24) is 19.5 Å². The molecule has 3 heterocycles. The molecule has 0 radical (unpaired) electrons. The van der Waals surface area contributed by atoms with E-state index < -0.39 is 6.10 Å². The van der Waals surface area contributed by atoms with Crippen molar-refractivity contribution in [2.24, 2.45) is 11.1 Å². The summed E-state index contributed by atoms with van der Waals surface area (Å²) in [5.41, 5.74) is 3.09. The molecule has 0 bridgehead atoms. The van der Waals surface area contributed by atoms with Crippen LogP contribution in [0.4, 0.5) is 0 Å². The number of aliphatic hydroxyl groups is 1.